The van der Waals surface area contributed by atoms with Crippen molar-refractivity contribution in [3.8, 4) is 0 Å². The maximum absolute atomic E-state index is 8.82. The summed E-state index contributed by atoms with van der Waals surface area (Å²) in [5.41, 5.74) is 0.262. The number of aliphatic hydroxyl groups is 1. The summed E-state index contributed by atoms with van der Waals surface area (Å²) in [7, 11) is 0. The Hall–Kier alpha value is -0.0800. The van der Waals surface area contributed by atoms with Crippen LogP contribution in [0.1, 0.15) is 51.4 Å². The fraction of sp³-hybridized carbons (Fsp3) is 1.00. The van der Waals surface area contributed by atoms with E-state index >= 15 is 0 Å². The predicted molar refractivity (Wildman–Crippen MR) is 56.2 cm³/mol. The lowest BCUT2D eigenvalue weighted by molar-refractivity contribution is -0.0941. The largest absolute Gasteiger partial charge is 0.396 e. The van der Waals surface area contributed by atoms with Crippen molar-refractivity contribution in [2.75, 3.05) is 13.2 Å². The molecule has 1 aliphatic carbocycles. The molecular formula is C12H22O2. The molecular weight excluding hydrogens is 176 g/mol. The van der Waals surface area contributed by atoms with E-state index in [2.05, 4.69) is 0 Å². The number of ether oxygens (including phenoxy) is 1. The minimum Gasteiger partial charge on any atom is -0.396 e. The van der Waals surface area contributed by atoms with Gasteiger partial charge in [0.15, 0.2) is 0 Å². The van der Waals surface area contributed by atoms with Crippen LogP contribution in [-0.2, 0) is 4.74 Å². The van der Waals surface area contributed by atoms with Crippen LogP contribution in [0.3, 0.4) is 0 Å². The second-order valence-corrected chi connectivity index (χ2v) is 4.96. The molecule has 0 aromatic heterocycles. The molecule has 0 aromatic carbocycles. The Labute approximate surface area is 86.6 Å². The molecule has 0 aromatic rings. The van der Waals surface area contributed by atoms with Crippen molar-refractivity contribution in [2.24, 2.45) is 5.92 Å². The standard InChI is InChI=1S/C12H22O2/c13-8-3-4-11-5-9-14-12(10-11)6-1-2-7-12/h11,13H,1-10H2. The maximum Gasteiger partial charge on any atom is 0.0685 e. The summed E-state index contributed by atoms with van der Waals surface area (Å²) in [4.78, 5) is 0. The van der Waals surface area contributed by atoms with E-state index in [9.17, 15) is 0 Å². The van der Waals surface area contributed by atoms with Crippen LogP contribution in [-0.4, -0.2) is 23.9 Å². The van der Waals surface area contributed by atoms with Crippen LogP contribution in [0.25, 0.3) is 0 Å². The highest BCUT2D eigenvalue weighted by Crippen LogP contribution is 2.42. The van der Waals surface area contributed by atoms with E-state index in [4.69, 9.17) is 9.84 Å². The highest BCUT2D eigenvalue weighted by Gasteiger charge is 2.39. The van der Waals surface area contributed by atoms with Crippen LogP contribution in [0, 0.1) is 5.92 Å². The first-order valence-corrected chi connectivity index (χ1v) is 6.09. The van der Waals surface area contributed by atoms with Crippen molar-refractivity contribution in [1.82, 2.24) is 0 Å². The van der Waals surface area contributed by atoms with Gasteiger partial charge in [-0.2, -0.15) is 0 Å². The lowest BCUT2D eigenvalue weighted by Gasteiger charge is -2.38. The summed E-state index contributed by atoms with van der Waals surface area (Å²) >= 11 is 0. The van der Waals surface area contributed by atoms with Crippen molar-refractivity contribution in [2.45, 2.75) is 57.0 Å². The Kier molecular flexibility index (Phi) is 3.45. The Morgan fingerprint density at radius 1 is 1.29 bits per heavy atom. The normalized spacial score (nSPS) is 31.1. The summed E-state index contributed by atoms with van der Waals surface area (Å²) in [6.45, 7) is 1.31. The minimum atomic E-state index is 0.262. The summed E-state index contributed by atoms with van der Waals surface area (Å²) in [6.07, 6.45) is 9.90. The lowest BCUT2D eigenvalue weighted by Crippen LogP contribution is -2.37. The molecule has 0 radical (unpaired) electrons. The Morgan fingerprint density at radius 2 is 2.07 bits per heavy atom. The van der Waals surface area contributed by atoms with Gasteiger partial charge < -0.3 is 9.84 Å². The first kappa shape index (κ1) is 10.4. The molecule has 1 spiro atoms. The molecule has 1 N–H and O–H groups in total. The fourth-order valence-corrected chi connectivity index (χ4v) is 3.12. The van der Waals surface area contributed by atoms with E-state index in [0.29, 0.717) is 6.61 Å². The summed E-state index contributed by atoms with van der Waals surface area (Å²) < 4.78 is 5.97. The van der Waals surface area contributed by atoms with Crippen molar-refractivity contribution in [3.63, 3.8) is 0 Å². The molecule has 1 heterocycles. The third-order valence-corrected chi connectivity index (χ3v) is 3.88. The zero-order valence-electron chi connectivity index (χ0n) is 9.00. The van der Waals surface area contributed by atoms with Crippen LogP contribution in [0.5, 0.6) is 0 Å². The van der Waals surface area contributed by atoms with Gasteiger partial charge in [0.1, 0.15) is 0 Å². The molecule has 1 aliphatic heterocycles. The van der Waals surface area contributed by atoms with Gasteiger partial charge in [0.05, 0.1) is 5.60 Å². The molecule has 1 atom stereocenters. The van der Waals surface area contributed by atoms with Crippen LogP contribution in [0.2, 0.25) is 0 Å². The van der Waals surface area contributed by atoms with E-state index < -0.39 is 0 Å². The first-order chi connectivity index (χ1) is 6.85. The zero-order valence-corrected chi connectivity index (χ0v) is 9.00. The Morgan fingerprint density at radius 3 is 2.79 bits per heavy atom. The topological polar surface area (TPSA) is 29.5 Å². The summed E-state index contributed by atoms with van der Waals surface area (Å²) in [5, 5.41) is 8.82. The van der Waals surface area contributed by atoms with Gasteiger partial charge in [0.2, 0.25) is 0 Å². The van der Waals surface area contributed by atoms with Crippen LogP contribution in [0.15, 0.2) is 0 Å². The molecule has 2 nitrogen and oxygen atoms in total. The number of hydrogen-bond donors (Lipinski definition) is 1. The van der Waals surface area contributed by atoms with Gasteiger partial charge in [-0.25, -0.2) is 0 Å². The van der Waals surface area contributed by atoms with Gasteiger partial charge in [0, 0.05) is 13.2 Å². The van der Waals surface area contributed by atoms with Crippen LogP contribution in [0.4, 0.5) is 0 Å². The summed E-state index contributed by atoms with van der Waals surface area (Å²) in [5.74, 6) is 0.814. The minimum absolute atomic E-state index is 0.262. The molecule has 1 unspecified atom stereocenters. The van der Waals surface area contributed by atoms with Crippen LogP contribution < -0.4 is 0 Å². The molecule has 2 rings (SSSR count). The van der Waals surface area contributed by atoms with Crippen molar-refractivity contribution >= 4 is 0 Å². The van der Waals surface area contributed by atoms with Gasteiger partial charge in [-0.1, -0.05) is 12.8 Å². The third-order valence-electron chi connectivity index (χ3n) is 3.88. The molecule has 14 heavy (non-hydrogen) atoms. The van der Waals surface area contributed by atoms with Gasteiger partial charge in [-0.15, -0.1) is 0 Å². The molecule has 82 valence electrons. The van der Waals surface area contributed by atoms with Crippen molar-refractivity contribution in [1.29, 1.82) is 0 Å². The number of aliphatic hydroxyl groups excluding tert-OH is 1. The second-order valence-electron chi connectivity index (χ2n) is 4.96. The van der Waals surface area contributed by atoms with Crippen LogP contribution >= 0.6 is 0 Å². The monoisotopic (exact) mass is 198 g/mol. The molecule has 1 saturated heterocycles. The van der Waals surface area contributed by atoms with Gasteiger partial charge in [-0.3, -0.25) is 0 Å². The second kappa shape index (κ2) is 4.63. The highest BCUT2D eigenvalue weighted by molar-refractivity contribution is 4.91. The van der Waals surface area contributed by atoms with E-state index in [1.54, 1.807) is 0 Å². The van der Waals surface area contributed by atoms with Gasteiger partial charge >= 0.3 is 0 Å². The smallest absolute Gasteiger partial charge is 0.0685 e. The zero-order chi connectivity index (χ0) is 9.86. The first-order valence-electron chi connectivity index (χ1n) is 6.09. The molecule has 2 aliphatic rings. The molecule has 2 fully saturated rings. The molecule has 1 saturated carbocycles. The average Bonchev–Trinajstić information content (AvgIpc) is 2.63. The third kappa shape index (κ3) is 2.29. The molecule has 0 bridgehead atoms. The van der Waals surface area contributed by atoms with E-state index in [0.717, 1.165) is 18.9 Å². The SMILES string of the molecule is OCCCC1CCOC2(CCCC2)C1. The quantitative estimate of drug-likeness (QED) is 0.755. The predicted octanol–water partition coefficient (Wildman–Crippen LogP) is 2.50. The molecule has 0 amide bonds. The highest BCUT2D eigenvalue weighted by atomic mass is 16.5. The molecule has 2 heteroatoms. The van der Waals surface area contributed by atoms with Gasteiger partial charge in [0.25, 0.3) is 0 Å². The lowest BCUT2D eigenvalue weighted by atomic mass is 9.82. The maximum atomic E-state index is 8.82. The number of rotatable bonds is 3. The van der Waals surface area contributed by atoms with Crippen molar-refractivity contribution in [3.05, 3.63) is 0 Å². The Bertz CT molecular complexity index is 173. The van der Waals surface area contributed by atoms with E-state index in [1.165, 1.54) is 44.9 Å². The van der Waals surface area contributed by atoms with Crippen molar-refractivity contribution < 1.29 is 9.84 Å². The van der Waals surface area contributed by atoms with E-state index in [1.807, 2.05) is 0 Å². The fourth-order valence-electron chi connectivity index (χ4n) is 3.12. The number of hydrogen-bond acceptors (Lipinski definition) is 2. The van der Waals surface area contributed by atoms with E-state index in [-0.39, 0.29) is 5.60 Å². The average molecular weight is 198 g/mol. The summed E-state index contributed by atoms with van der Waals surface area (Å²) in [6, 6.07) is 0. The van der Waals surface area contributed by atoms with Gasteiger partial charge in [-0.05, 0) is 44.4 Å². The Balaban J connectivity index is 1.83.